The smallest absolute Gasteiger partial charge is 0.259 e. The SMILES string of the molecule is CCc1c(C)nc(-n2nc(C)cc2N(C)C(=O)c2ccc(Cl)c(F)c2)nc1OCc1ccccc1. The molecule has 0 saturated carbocycles. The van der Waals surface area contributed by atoms with Gasteiger partial charge in [0, 0.05) is 29.9 Å². The second-order valence-electron chi connectivity index (χ2n) is 8.07. The molecule has 4 rings (SSSR count). The van der Waals surface area contributed by atoms with Crippen LogP contribution in [0.4, 0.5) is 10.2 Å². The summed E-state index contributed by atoms with van der Waals surface area (Å²) in [7, 11) is 1.59. The molecule has 0 aliphatic heterocycles. The summed E-state index contributed by atoms with van der Waals surface area (Å²) < 4.78 is 21.5. The Morgan fingerprint density at radius 3 is 2.54 bits per heavy atom. The summed E-state index contributed by atoms with van der Waals surface area (Å²) >= 11 is 5.77. The van der Waals surface area contributed by atoms with Gasteiger partial charge in [0.25, 0.3) is 11.9 Å². The van der Waals surface area contributed by atoms with Crippen LogP contribution in [-0.4, -0.2) is 32.7 Å². The van der Waals surface area contributed by atoms with Crippen LogP contribution in [0, 0.1) is 19.7 Å². The van der Waals surface area contributed by atoms with Crippen molar-refractivity contribution in [3.8, 4) is 11.8 Å². The molecule has 35 heavy (non-hydrogen) atoms. The Balaban J connectivity index is 1.70. The highest BCUT2D eigenvalue weighted by atomic mass is 35.5. The molecule has 0 aliphatic carbocycles. The van der Waals surface area contributed by atoms with Crippen molar-refractivity contribution in [2.45, 2.75) is 33.8 Å². The first-order chi connectivity index (χ1) is 16.8. The fraction of sp³-hybridized carbons (Fsp3) is 0.231. The average molecular weight is 494 g/mol. The van der Waals surface area contributed by atoms with Crippen LogP contribution >= 0.6 is 11.6 Å². The third-order valence-electron chi connectivity index (χ3n) is 5.55. The highest BCUT2D eigenvalue weighted by Gasteiger charge is 2.23. The summed E-state index contributed by atoms with van der Waals surface area (Å²) in [6.45, 7) is 6.07. The van der Waals surface area contributed by atoms with Gasteiger partial charge in [-0.2, -0.15) is 14.8 Å². The Morgan fingerprint density at radius 2 is 1.86 bits per heavy atom. The summed E-state index contributed by atoms with van der Waals surface area (Å²) in [5, 5.41) is 4.46. The second-order valence-corrected chi connectivity index (χ2v) is 8.48. The Labute approximate surface area is 208 Å². The molecule has 4 aromatic rings. The molecule has 0 bridgehead atoms. The number of amides is 1. The molecule has 0 aliphatic rings. The van der Waals surface area contributed by atoms with Gasteiger partial charge in [-0.3, -0.25) is 9.69 Å². The number of aromatic nitrogens is 4. The molecule has 9 heteroatoms. The lowest BCUT2D eigenvalue weighted by Gasteiger charge is -2.19. The van der Waals surface area contributed by atoms with Crippen LogP contribution in [0.25, 0.3) is 5.95 Å². The van der Waals surface area contributed by atoms with Gasteiger partial charge in [0.05, 0.1) is 10.7 Å². The Bertz CT molecular complexity index is 1370. The molecule has 180 valence electrons. The standard InChI is InChI=1S/C26H25ClFN5O2/c1-5-20-17(3)29-26(30-24(20)35-15-18-9-7-6-8-10-18)33-23(13-16(2)31-33)32(4)25(34)19-11-12-21(27)22(28)14-19/h6-14H,5,15H2,1-4H3. The minimum absolute atomic E-state index is 0.0481. The highest BCUT2D eigenvalue weighted by molar-refractivity contribution is 6.30. The first-order valence-electron chi connectivity index (χ1n) is 11.1. The number of aryl methyl sites for hydroxylation is 2. The molecule has 2 aromatic heterocycles. The molecule has 0 saturated heterocycles. The van der Waals surface area contributed by atoms with E-state index < -0.39 is 11.7 Å². The molecule has 0 radical (unpaired) electrons. The van der Waals surface area contributed by atoms with E-state index in [1.54, 1.807) is 20.0 Å². The minimum atomic E-state index is -0.662. The molecule has 2 aromatic carbocycles. The number of ether oxygens (including phenoxy) is 1. The van der Waals surface area contributed by atoms with Gasteiger partial charge in [0.1, 0.15) is 18.2 Å². The number of anilines is 1. The normalized spacial score (nSPS) is 10.9. The quantitative estimate of drug-likeness (QED) is 0.340. The van der Waals surface area contributed by atoms with Crippen LogP contribution in [-0.2, 0) is 13.0 Å². The van der Waals surface area contributed by atoms with E-state index in [2.05, 4.69) is 15.1 Å². The van der Waals surface area contributed by atoms with Gasteiger partial charge in [-0.05, 0) is 44.0 Å². The van der Waals surface area contributed by atoms with Crippen LogP contribution in [0.3, 0.4) is 0 Å². The maximum absolute atomic E-state index is 14.0. The summed E-state index contributed by atoms with van der Waals surface area (Å²) in [5.41, 5.74) is 3.49. The number of halogens is 2. The van der Waals surface area contributed by atoms with Crippen molar-refractivity contribution in [2.75, 3.05) is 11.9 Å². The van der Waals surface area contributed by atoms with Crippen molar-refractivity contribution in [3.05, 3.63) is 93.5 Å². The number of nitrogens with zero attached hydrogens (tertiary/aromatic N) is 5. The van der Waals surface area contributed by atoms with Crippen LogP contribution in [0.2, 0.25) is 5.02 Å². The second kappa shape index (κ2) is 10.2. The zero-order valence-corrected chi connectivity index (χ0v) is 20.7. The number of hydrogen-bond donors (Lipinski definition) is 0. The first-order valence-corrected chi connectivity index (χ1v) is 11.5. The fourth-order valence-electron chi connectivity index (χ4n) is 3.70. The van der Waals surface area contributed by atoms with E-state index in [0.29, 0.717) is 30.4 Å². The fourth-order valence-corrected chi connectivity index (χ4v) is 3.82. The van der Waals surface area contributed by atoms with Crippen LogP contribution in [0.5, 0.6) is 5.88 Å². The van der Waals surface area contributed by atoms with Gasteiger partial charge < -0.3 is 4.74 Å². The Morgan fingerprint density at radius 1 is 1.11 bits per heavy atom. The molecular weight excluding hydrogens is 469 g/mol. The van der Waals surface area contributed by atoms with Gasteiger partial charge >= 0.3 is 0 Å². The Kier molecular flexibility index (Phi) is 7.12. The predicted octanol–water partition coefficient (Wildman–Crippen LogP) is 5.49. The highest BCUT2D eigenvalue weighted by Crippen LogP contribution is 2.26. The van der Waals surface area contributed by atoms with Crippen molar-refractivity contribution in [1.29, 1.82) is 0 Å². The summed E-state index contributed by atoms with van der Waals surface area (Å²) in [4.78, 5) is 23.8. The predicted molar refractivity (Wildman–Crippen MR) is 133 cm³/mol. The summed E-state index contributed by atoms with van der Waals surface area (Å²) in [6.07, 6.45) is 0.696. The molecule has 0 spiro atoms. The molecule has 7 nitrogen and oxygen atoms in total. The number of carbonyl (C=O) groups is 1. The summed E-state index contributed by atoms with van der Waals surface area (Å²) in [5.74, 6) is 0.0779. The lowest BCUT2D eigenvalue weighted by atomic mass is 10.2. The van der Waals surface area contributed by atoms with E-state index >= 15 is 0 Å². The van der Waals surface area contributed by atoms with E-state index in [9.17, 15) is 9.18 Å². The van der Waals surface area contributed by atoms with E-state index in [1.807, 2.05) is 44.2 Å². The number of rotatable bonds is 7. The van der Waals surface area contributed by atoms with Crippen molar-refractivity contribution >= 4 is 23.3 Å². The van der Waals surface area contributed by atoms with Crippen molar-refractivity contribution in [3.63, 3.8) is 0 Å². The van der Waals surface area contributed by atoms with Crippen LogP contribution < -0.4 is 9.64 Å². The molecule has 1 amide bonds. The molecule has 0 N–H and O–H groups in total. The van der Waals surface area contributed by atoms with Gasteiger partial charge in [0.15, 0.2) is 0 Å². The average Bonchev–Trinajstić information content (AvgIpc) is 3.25. The van der Waals surface area contributed by atoms with Gasteiger partial charge in [-0.15, -0.1) is 0 Å². The Hall–Kier alpha value is -3.78. The zero-order valence-electron chi connectivity index (χ0n) is 19.9. The molecule has 0 fully saturated rings. The maximum atomic E-state index is 14.0. The molecule has 0 atom stereocenters. The lowest BCUT2D eigenvalue weighted by molar-refractivity contribution is 0.0991. The zero-order chi connectivity index (χ0) is 25.1. The van der Waals surface area contributed by atoms with Crippen molar-refractivity contribution in [1.82, 2.24) is 19.7 Å². The molecular formula is C26H25ClFN5O2. The molecule has 0 unspecified atom stereocenters. The van der Waals surface area contributed by atoms with Gasteiger partial charge in [0.2, 0.25) is 5.88 Å². The molecule has 2 heterocycles. The number of benzene rings is 2. The number of carbonyl (C=O) groups excluding carboxylic acids is 1. The topological polar surface area (TPSA) is 73.1 Å². The van der Waals surface area contributed by atoms with E-state index in [0.717, 1.165) is 22.9 Å². The first kappa shape index (κ1) is 24.3. The van der Waals surface area contributed by atoms with Crippen molar-refractivity contribution in [2.24, 2.45) is 0 Å². The van der Waals surface area contributed by atoms with E-state index in [1.165, 1.54) is 21.7 Å². The van der Waals surface area contributed by atoms with Gasteiger partial charge in [-0.25, -0.2) is 9.37 Å². The third kappa shape index (κ3) is 5.17. The monoisotopic (exact) mass is 493 g/mol. The van der Waals surface area contributed by atoms with E-state index in [4.69, 9.17) is 16.3 Å². The largest absolute Gasteiger partial charge is 0.472 e. The minimum Gasteiger partial charge on any atom is -0.472 e. The van der Waals surface area contributed by atoms with Crippen LogP contribution in [0.15, 0.2) is 54.6 Å². The van der Waals surface area contributed by atoms with E-state index in [-0.39, 0.29) is 16.5 Å². The summed E-state index contributed by atoms with van der Waals surface area (Å²) in [6, 6.07) is 15.5. The van der Waals surface area contributed by atoms with Crippen LogP contribution in [0.1, 0.15) is 39.8 Å². The maximum Gasteiger partial charge on any atom is 0.259 e. The lowest BCUT2D eigenvalue weighted by Crippen LogP contribution is -2.29. The van der Waals surface area contributed by atoms with Gasteiger partial charge in [-0.1, -0.05) is 48.9 Å². The number of hydrogen-bond acceptors (Lipinski definition) is 5. The van der Waals surface area contributed by atoms with Crippen molar-refractivity contribution < 1.29 is 13.9 Å². The third-order valence-corrected chi connectivity index (χ3v) is 5.86.